The third kappa shape index (κ3) is 4.06. The summed E-state index contributed by atoms with van der Waals surface area (Å²) in [5.41, 5.74) is -0.0249. The van der Waals surface area contributed by atoms with Crippen molar-refractivity contribution < 1.29 is 18.0 Å². The van der Waals surface area contributed by atoms with Crippen LogP contribution in [-0.4, -0.2) is 36.7 Å². The van der Waals surface area contributed by atoms with Gasteiger partial charge in [-0.25, -0.2) is 9.50 Å². The van der Waals surface area contributed by atoms with Crippen LogP contribution in [0.15, 0.2) is 41.3 Å². The summed E-state index contributed by atoms with van der Waals surface area (Å²) in [4.78, 5) is 29.1. The van der Waals surface area contributed by atoms with Crippen LogP contribution in [0.3, 0.4) is 0 Å². The molecule has 1 aromatic carbocycles. The lowest BCUT2D eigenvalue weighted by Gasteiger charge is -2.07. The van der Waals surface area contributed by atoms with Crippen molar-refractivity contribution in [2.45, 2.75) is 26.1 Å². The highest BCUT2D eigenvalue weighted by Gasteiger charge is 2.30. The van der Waals surface area contributed by atoms with Gasteiger partial charge in [-0.1, -0.05) is 23.5 Å². The number of rotatable bonds is 4. The molecule has 0 saturated heterocycles. The molecule has 12 heteroatoms. The summed E-state index contributed by atoms with van der Waals surface area (Å²) in [6.45, 7) is 3.64. The van der Waals surface area contributed by atoms with Gasteiger partial charge < -0.3 is 5.32 Å². The molecule has 4 rings (SSSR count). The third-order valence-electron chi connectivity index (χ3n) is 4.28. The number of hydrogen-bond donors (Lipinski definition) is 2. The molecule has 31 heavy (non-hydrogen) atoms. The maximum absolute atomic E-state index is 12.8. The number of alkyl halides is 3. The molecule has 0 fully saturated rings. The third-order valence-corrected chi connectivity index (χ3v) is 5.23. The van der Waals surface area contributed by atoms with Crippen LogP contribution in [0.1, 0.15) is 29.2 Å². The molecule has 160 valence electrons. The number of benzene rings is 1. The van der Waals surface area contributed by atoms with Gasteiger partial charge in [0.05, 0.1) is 16.8 Å². The van der Waals surface area contributed by atoms with Gasteiger partial charge in [0.2, 0.25) is 5.01 Å². The zero-order valence-electron chi connectivity index (χ0n) is 16.2. The quantitative estimate of drug-likeness (QED) is 0.498. The number of carbonyl (C=O) groups excluding carboxylic acids is 1. The smallest absolute Gasteiger partial charge is 0.348 e. The second-order valence-corrected chi connectivity index (χ2v) is 7.92. The minimum atomic E-state index is -4.46. The second kappa shape index (κ2) is 7.61. The number of halogens is 3. The number of aromatic nitrogens is 5. The summed E-state index contributed by atoms with van der Waals surface area (Å²) in [6.07, 6.45) is -2.95. The molecular formula is C19H15F3N6O2S. The SMILES string of the molecule is CC(C)NC(=O)c1nnc(-c2c[nH]n3c(=O)cc(-c4ccc(C(F)(F)F)cc4)nc23)s1. The monoisotopic (exact) mass is 448 g/mol. The molecule has 0 spiro atoms. The van der Waals surface area contributed by atoms with Crippen LogP contribution in [0.2, 0.25) is 0 Å². The average molecular weight is 448 g/mol. The lowest BCUT2D eigenvalue weighted by molar-refractivity contribution is -0.137. The van der Waals surface area contributed by atoms with Crippen molar-refractivity contribution in [3.05, 3.63) is 57.5 Å². The minimum Gasteiger partial charge on any atom is -0.348 e. The van der Waals surface area contributed by atoms with Crippen molar-refractivity contribution in [3.8, 4) is 21.8 Å². The summed E-state index contributed by atoms with van der Waals surface area (Å²) in [7, 11) is 0. The van der Waals surface area contributed by atoms with Gasteiger partial charge in [-0.2, -0.15) is 13.2 Å². The fourth-order valence-electron chi connectivity index (χ4n) is 2.86. The Hall–Kier alpha value is -3.54. The van der Waals surface area contributed by atoms with Gasteiger partial charge in [0.15, 0.2) is 10.7 Å². The first kappa shape index (κ1) is 20.7. The van der Waals surface area contributed by atoms with Crippen LogP contribution in [0.4, 0.5) is 13.2 Å². The van der Waals surface area contributed by atoms with Crippen LogP contribution in [0.25, 0.3) is 27.5 Å². The fourth-order valence-corrected chi connectivity index (χ4v) is 3.62. The Balaban J connectivity index is 1.75. The zero-order chi connectivity index (χ0) is 22.3. The number of fused-ring (bicyclic) bond motifs is 1. The molecule has 0 aliphatic rings. The highest BCUT2D eigenvalue weighted by Crippen LogP contribution is 2.31. The number of H-pyrrole nitrogens is 1. The molecule has 0 atom stereocenters. The normalized spacial score (nSPS) is 11.9. The molecule has 4 aromatic rings. The van der Waals surface area contributed by atoms with Crippen molar-refractivity contribution in [1.82, 2.24) is 30.1 Å². The Morgan fingerprint density at radius 3 is 2.55 bits per heavy atom. The summed E-state index contributed by atoms with van der Waals surface area (Å²) in [5, 5.41) is 13.9. The molecule has 2 N–H and O–H groups in total. The Bertz CT molecular complexity index is 1320. The molecule has 3 heterocycles. The van der Waals surface area contributed by atoms with E-state index in [1.807, 2.05) is 13.8 Å². The molecule has 8 nitrogen and oxygen atoms in total. The zero-order valence-corrected chi connectivity index (χ0v) is 17.0. The first-order valence-electron chi connectivity index (χ1n) is 9.07. The van der Waals surface area contributed by atoms with Gasteiger partial charge in [-0.05, 0) is 26.0 Å². The van der Waals surface area contributed by atoms with Crippen LogP contribution >= 0.6 is 11.3 Å². The van der Waals surface area contributed by atoms with Gasteiger partial charge in [-0.15, -0.1) is 10.2 Å². The lowest BCUT2D eigenvalue weighted by Crippen LogP contribution is -2.29. The number of carbonyl (C=O) groups is 1. The van der Waals surface area contributed by atoms with E-state index in [4.69, 9.17) is 0 Å². The van der Waals surface area contributed by atoms with Crippen LogP contribution in [-0.2, 0) is 6.18 Å². The first-order valence-corrected chi connectivity index (χ1v) is 9.88. The Kier molecular flexibility index (Phi) is 5.09. The molecule has 0 radical (unpaired) electrons. The topological polar surface area (TPSA) is 105 Å². The summed E-state index contributed by atoms with van der Waals surface area (Å²) in [6, 6.07) is 5.53. The number of aromatic amines is 1. The van der Waals surface area contributed by atoms with Gasteiger partial charge in [-0.3, -0.25) is 14.7 Å². The van der Waals surface area contributed by atoms with Crippen molar-refractivity contribution in [3.63, 3.8) is 0 Å². The molecule has 3 aromatic heterocycles. The number of nitrogens with zero attached hydrogens (tertiary/aromatic N) is 4. The van der Waals surface area contributed by atoms with Gasteiger partial charge in [0.1, 0.15) is 0 Å². The van der Waals surface area contributed by atoms with E-state index >= 15 is 0 Å². The largest absolute Gasteiger partial charge is 0.416 e. The summed E-state index contributed by atoms with van der Waals surface area (Å²) >= 11 is 1.03. The van der Waals surface area contributed by atoms with E-state index in [1.165, 1.54) is 28.9 Å². The summed E-state index contributed by atoms with van der Waals surface area (Å²) in [5.74, 6) is -0.367. The standard InChI is InChI=1S/C19H15F3N6O2S/c1-9(2)24-16(30)18-27-26-17(31-18)12-8-23-28-14(29)7-13(25-15(12)28)10-3-5-11(6-4-10)19(20,21)22/h3-9,23H,1-2H3,(H,24,30). The molecular weight excluding hydrogens is 433 g/mol. The van der Waals surface area contributed by atoms with Gasteiger partial charge in [0, 0.05) is 23.9 Å². The maximum atomic E-state index is 12.8. The summed E-state index contributed by atoms with van der Waals surface area (Å²) < 4.78 is 39.6. The van der Waals surface area contributed by atoms with Crippen molar-refractivity contribution in [2.75, 3.05) is 0 Å². The predicted octanol–water partition coefficient (Wildman–Crippen LogP) is 3.37. The molecule has 0 aliphatic heterocycles. The van der Waals surface area contributed by atoms with E-state index in [-0.39, 0.29) is 28.3 Å². The number of amides is 1. The van der Waals surface area contributed by atoms with Gasteiger partial charge >= 0.3 is 6.18 Å². The highest BCUT2D eigenvalue weighted by atomic mass is 32.1. The molecule has 0 aliphatic carbocycles. The van der Waals surface area contributed by atoms with Gasteiger partial charge in [0.25, 0.3) is 11.5 Å². The van der Waals surface area contributed by atoms with Crippen LogP contribution < -0.4 is 10.9 Å². The van der Waals surface area contributed by atoms with E-state index < -0.39 is 17.3 Å². The van der Waals surface area contributed by atoms with E-state index in [1.54, 1.807) is 0 Å². The Morgan fingerprint density at radius 1 is 1.19 bits per heavy atom. The second-order valence-electron chi connectivity index (χ2n) is 6.94. The van der Waals surface area contributed by atoms with Crippen molar-refractivity contribution >= 4 is 22.9 Å². The van der Waals surface area contributed by atoms with E-state index in [0.29, 0.717) is 16.1 Å². The first-order chi connectivity index (χ1) is 14.6. The molecule has 0 bridgehead atoms. The van der Waals surface area contributed by atoms with Crippen molar-refractivity contribution in [2.24, 2.45) is 0 Å². The van der Waals surface area contributed by atoms with E-state index in [2.05, 4.69) is 25.6 Å². The van der Waals surface area contributed by atoms with Crippen LogP contribution in [0.5, 0.6) is 0 Å². The van der Waals surface area contributed by atoms with E-state index in [9.17, 15) is 22.8 Å². The number of hydrogen-bond acceptors (Lipinski definition) is 6. The Morgan fingerprint density at radius 2 is 1.90 bits per heavy atom. The minimum absolute atomic E-state index is 0.0699. The van der Waals surface area contributed by atoms with Crippen molar-refractivity contribution in [1.29, 1.82) is 0 Å². The predicted molar refractivity (Wildman–Crippen MR) is 108 cm³/mol. The molecule has 1 amide bonds. The number of nitrogens with one attached hydrogen (secondary N) is 2. The fraction of sp³-hybridized carbons (Fsp3) is 0.211. The molecule has 0 saturated carbocycles. The lowest BCUT2D eigenvalue weighted by atomic mass is 10.1. The van der Waals surface area contributed by atoms with Crippen LogP contribution in [0, 0.1) is 0 Å². The molecule has 0 unspecified atom stereocenters. The van der Waals surface area contributed by atoms with E-state index in [0.717, 1.165) is 23.5 Å². The highest BCUT2D eigenvalue weighted by molar-refractivity contribution is 7.16. The maximum Gasteiger partial charge on any atom is 0.416 e. The Labute approximate surface area is 176 Å². The average Bonchev–Trinajstić information content (AvgIpc) is 3.34.